The van der Waals surface area contributed by atoms with Gasteiger partial charge in [-0.1, -0.05) is 34.1 Å². The van der Waals surface area contributed by atoms with Crippen molar-refractivity contribution in [3.8, 4) is 0 Å². The molecule has 11 nitrogen and oxygen atoms in total. The second-order valence-corrected chi connectivity index (χ2v) is 12.9. The Kier molecular flexibility index (Phi) is 9.24. The molecular weight excluding hydrogens is 547 g/mol. The molecule has 2 heterocycles. The Morgan fingerprint density at radius 1 is 1.20 bits per heavy atom. The van der Waals surface area contributed by atoms with E-state index in [0.717, 1.165) is 5.01 Å². The van der Waals surface area contributed by atoms with Gasteiger partial charge in [0.25, 0.3) is 5.91 Å². The molecule has 5 amide bonds. The molecule has 0 aromatic carbocycles. The average molecular weight is 590 g/mol. The van der Waals surface area contributed by atoms with Gasteiger partial charge in [0.2, 0.25) is 11.8 Å². The number of nitrogens with zero attached hydrogens (tertiary/aromatic N) is 2. The third kappa shape index (κ3) is 7.24. The average Bonchev–Trinajstić information content (AvgIpc) is 3.18. The van der Waals surface area contributed by atoms with Gasteiger partial charge in [0.15, 0.2) is 0 Å². The third-order valence-electron chi connectivity index (χ3n) is 8.44. The van der Waals surface area contributed by atoms with Gasteiger partial charge in [0.05, 0.1) is 12.5 Å². The molecule has 3 fully saturated rings. The standard InChI is InChI=1S/C27H42F3N5O6/c1-8-14(2)18(32-23(39)27(28,29)30)22(38)34-13-16-17(26(16,6)7)19(34)21(37)33-35(24(40)41-25(3,4)5)12-15-10-9-11-31-20(15)36/h14-19H,8-13H2,1-7H3,(H,31,36)(H,32,39)(H,33,37)/t14?,15-,16+,17+,18?,19+/m1/s1. The summed E-state index contributed by atoms with van der Waals surface area (Å²) in [6.07, 6.45) is -4.59. The molecule has 2 aliphatic heterocycles. The van der Waals surface area contributed by atoms with Gasteiger partial charge in [0.1, 0.15) is 17.7 Å². The lowest BCUT2D eigenvalue weighted by Crippen LogP contribution is -2.61. The number of hydrogen-bond acceptors (Lipinski definition) is 6. The lowest BCUT2D eigenvalue weighted by Gasteiger charge is -2.36. The maximum atomic E-state index is 13.8. The van der Waals surface area contributed by atoms with Gasteiger partial charge in [-0.25, -0.2) is 9.80 Å². The van der Waals surface area contributed by atoms with Crippen LogP contribution in [-0.4, -0.2) is 83.1 Å². The van der Waals surface area contributed by atoms with Crippen molar-refractivity contribution in [1.82, 2.24) is 26.0 Å². The fourth-order valence-corrected chi connectivity index (χ4v) is 5.81. The summed E-state index contributed by atoms with van der Waals surface area (Å²) in [5, 5.41) is 5.50. The Morgan fingerprint density at radius 2 is 1.83 bits per heavy atom. The molecule has 3 aliphatic rings. The lowest BCUT2D eigenvalue weighted by molar-refractivity contribution is -0.175. The largest absolute Gasteiger partial charge is 0.471 e. The predicted molar refractivity (Wildman–Crippen MR) is 141 cm³/mol. The summed E-state index contributed by atoms with van der Waals surface area (Å²) < 4.78 is 44.7. The number of likely N-dealkylation sites (tertiary alicyclic amines) is 1. The molecule has 14 heteroatoms. The van der Waals surface area contributed by atoms with Gasteiger partial charge in [-0.15, -0.1) is 0 Å². The zero-order valence-corrected chi connectivity index (χ0v) is 24.7. The van der Waals surface area contributed by atoms with Crippen LogP contribution in [0, 0.1) is 29.1 Å². The highest BCUT2D eigenvalue weighted by molar-refractivity contribution is 5.95. The minimum atomic E-state index is -5.18. The van der Waals surface area contributed by atoms with Crippen LogP contribution in [0.15, 0.2) is 0 Å². The molecule has 2 saturated heterocycles. The smallest absolute Gasteiger partial charge is 0.442 e. The van der Waals surface area contributed by atoms with Crippen molar-refractivity contribution in [2.75, 3.05) is 19.6 Å². The van der Waals surface area contributed by atoms with Crippen molar-refractivity contribution >= 4 is 29.7 Å². The fraction of sp³-hybridized carbons (Fsp3) is 0.815. The van der Waals surface area contributed by atoms with Crippen LogP contribution in [0.1, 0.15) is 67.7 Å². The van der Waals surface area contributed by atoms with E-state index in [4.69, 9.17) is 4.74 Å². The van der Waals surface area contributed by atoms with Crippen LogP contribution in [0.4, 0.5) is 18.0 Å². The summed E-state index contributed by atoms with van der Waals surface area (Å²) in [7, 11) is 0. The fourth-order valence-electron chi connectivity index (χ4n) is 5.81. The van der Waals surface area contributed by atoms with Crippen LogP contribution in [0.2, 0.25) is 0 Å². The number of carbonyl (C=O) groups excluding carboxylic acids is 5. The van der Waals surface area contributed by atoms with E-state index >= 15 is 0 Å². The van der Waals surface area contributed by atoms with E-state index in [2.05, 4.69) is 10.7 Å². The minimum absolute atomic E-state index is 0.0998. The SMILES string of the molecule is CCC(C)C(NC(=O)C(F)(F)F)C(=O)N1C[C@H]2[C@@H]([C@H]1C(=O)NN(C[C@H]1CCCNC1=O)C(=O)OC(C)(C)C)C2(C)C. The summed E-state index contributed by atoms with van der Waals surface area (Å²) in [5.41, 5.74) is 1.31. The molecule has 6 atom stereocenters. The minimum Gasteiger partial charge on any atom is -0.442 e. The Hall–Kier alpha value is -3.06. The summed E-state index contributed by atoms with van der Waals surface area (Å²) in [4.78, 5) is 66.0. The summed E-state index contributed by atoms with van der Waals surface area (Å²) >= 11 is 0. The second kappa shape index (κ2) is 11.7. The molecule has 2 unspecified atom stereocenters. The molecule has 0 aromatic heterocycles. The van der Waals surface area contributed by atoms with Gasteiger partial charge in [-0.2, -0.15) is 13.2 Å². The molecular formula is C27H42F3N5O6. The Labute approximate surface area is 238 Å². The van der Waals surface area contributed by atoms with Crippen LogP contribution in [0.5, 0.6) is 0 Å². The number of rotatable bonds is 7. The quantitative estimate of drug-likeness (QED) is 0.390. The first-order chi connectivity index (χ1) is 18.8. The predicted octanol–water partition coefficient (Wildman–Crippen LogP) is 2.36. The molecule has 0 radical (unpaired) electrons. The molecule has 232 valence electrons. The number of hydrogen-bond donors (Lipinski definition) is 3. The van der Waals surface area contributed by atoms with Crippen molar-refractivity contribution in [3.05, 3.63) is 0 Å². The molecule has 0 spiro atoms. The topological polar surface area (TPSA) is 137 Å². The maximum absolute atomic E-state index is 13.8. The first-order valence-corrected chi connectivity index (χ1v) is 14.1. The van der Waals surface area contributed by atoms with Crippen LogP contribution >= 0.6 is 0 Å². The highest BCUT2D eigenvalue weighted by Crippen LogP contribution is 2.65. The number of amides is 5. The number of piperidine rings is 2. The molecule has 3 rings (SSSR count). The van der Waals surface area contributed by atoms with Crippen molar-refractivity contribution < 1.29 is 41.9 Å². The van der Waals surface area contributed by atoms with E-state index in [0.29, 0.717) is 25.8 Å². The highest BCUT2D eigenvalue weighted by atomic mass is 19.4. The normalized spacial score (nSPS) is 26.7. The van der Waals surface area contributed by atoms with E-state index in [9.17, 15) is 37.1 Å². The van der Waals surface area contributed by atoms with Crippen molar-refractivity contribution in [2.24, 2.45) is 29.1 Å². The van der Waals surface area contributed by atoms with E-state index in [1.807, 2.05) is 19.2 Å². The van der Waals surface area contributed by atoms with Crippen LogP contribution in [0.25, 0.3) is 0 Å². The first-order valence-electron chi connectivity index (χ1n) is 14.1. The molecule has 1 aliphatic carbocycles. The summed E-state index contributed by atoms with van der Waals surface area (Å²) in [6.45, 7) is 12.5. The van der Waals surface area contributed by atoms with Gasteiger partial charge >= 0.3 is 18.2 Å². The monoisotopic (exact) mass is 589 g/mol. The van der Waals surface area contributed by atoms with Gasteiger partial charge in [-0.05, 0) is 56.8 Å². The number of halogens is 3. The summed E-state index contributed by atoms with van der Waals surface area (Å²) in [6, 6.07) is -2.61. The van der Waals surface area contributed by atoms with Gasteiger partial charge in [0, 0.05) is 13.1 Å². The third-order valence-corrected chi connectivity index (χ3v) is 8.44. The molecule has 0 aromatic rings. The van der Waals surface area contributed by atoms with Crippen molar-refractivity contribution in [2.45, 2.75) is 91.6 Å². The van der Waals surface area contributed by atoms with Crippen molar-refractivity contribution in [3.63, 3.8) is 0 Å². The van der Waals surface area contributed by atoms with Crippen molar-refractivity contribution in [1.29, 1.82) is 0 Å². The zero-order valence-electron chi connectivity index (χ0n) is 24.7. The second-order valence-electron chi connectivity index (χ2n) is 12.9. The van der Waals surface area contributed by atoms with E-state index in [-0.39, 0.29) is 36.2 Å². The van der Waals surface area contributed by atoms with E-state index in [1.54, 1.807) is 34.6 Å². The summed E-state index contributed by atoms with van der Waals surface area (Å²) in [5.74, 6) is -5.68. The number of hydrazine groups is 1. The Bertz CT molecular complexity index is 1060. The number of fused-ring (bicyclic) bond motifs is 1. The Morgan fingerprint density at radius 3 is 2.37 bits per heavy atom. The lowest BCUT2D eigenvalue weighted by atomic mass is 9.95. The number of ether oxygens (including phenoxy) is 1. The number of nitrogens with one attached hydrogen (secondary N) is 3. The number of carbonyl (C=O) groups is 5. The maximum Gasteiger partial charge on any atom is 0.471 e. The van der Waals surface area contributed by atoms with Crippen LogP contribution in [0.3, 0.4) is 0 Å². The van der Waals surface area contributed by atoms with Gasteiger partial charge < -0.3 is 20.3 Å². The van der Waals surface area contributed by atoms with E-state index < -0.39 is 59.5 Å². The molecule has 3 N–H and O–H groups in total. The zero-order chi connectivity index (χ0) is 31.1. The Balaban J connectivity index is 1.88. The highest BCUT2D eigenvalue weighted by Gasteiger charge is 2.70. The van der Waals surface area contributed by atoms with Gasteiger partial charge in [-0.3, -0.25) is 24.6 Å². The molecule has 41 heavy (non-hydrogen) atoms. The number of alkyl halides is 3. The molecule has 1 saturated carbocycles. The first kappa shape index (κ1) is 32.5. The van der Waals surface area contributed by atoms with Crippen LogP contribution < -0.4 is 16.1 Å². The van der Waals surface area contributed by atoms with E-state index in [1.165, 1.54) is 4.90 Å². The molecule has 0 bridgehead atoms. The van der Waals surface area contributed by atoms with Crippen LogP contribution in [-0.2, 0) is 23.9 Å².